The summed E-state index contributed by atoms with van der Waals surface area (Å²) in [6, 6.07) is 34.9. The molecule has 0 N–H and O–H groups in total. The number of fused-ring (bicyclic) bond motifs is 4. The molecule has 0 unspecified atom stereocenters. The van der Waals surface area contributed by atoms with Crippen molar-refractivity contribution in [2.45, 2.75) is 0 Å². The molecule has 9 rings (SSSR count). The second-order valence-corrected chi connectivity index (χ2v) is 12.6. The minimum Gasteiger partial charge on any atom is -0.437 e. The number of aromatic nitrogens is 5. The fraction of sp³-hybridized carbons (Fsp3) is 0. The van der Waals surface area contributed by atoms with E-state index in [-0.39, 0.29) is 72.2 Å². The molecule has 0 aliphatic rings. The topological polar surface area (TPSA) is 69.6 Å². The van der Waals surface area contributed by atoms with Crippen molar-refractivity contribution in [3.05, 3.63) is 109 Å². The third kappa shape index (κ3) is 5.13. The summed E-state index contributed by atoms with van der Waals surface area (Å²) in [7, 11) is 47.2. The molecular formula is C40H18B7N5O. The van der Waals surface area contributed by atoms with Gasteiger partial charge in [0.05, 0.1) is 11.0 Å². The minimum absolute atomic E-state index is 0.0178. The van der Waals surface area contributed by atoms with Crippen LogP contribution in [-0.2, 0) is 0 Å². The van der Waals surface area contributed by atoms with Crippen LogP contribution in [0.2, 0.25) is 0 Å². The quantitative estimate of drug-likeness (QED) is 0.261. The molecule has 0 saturated heterocycles. The van der Waals surface area contributed by atoms with E-state index < -0.39 is 0 Å². The van der Waals surface area contributed by atoms with Crippen molar-refractivity contribution in [3.63, 3.8) is 0 Å². The van der Waals surface area contributed by atoms with Crippen LogP contribution in [0.1, 0.15) is 0 Å². The van der Waals surface area contributed by atoms with Crippen LogP contribution < -0.4 is 38.2 Å². The van der Waals surface area contributed by atoms with Crippen LogP contribution in [-0.4, -0.2) is 79.4 Å². The number of hydrogen-bond acceptors (Lipinski definition) is 5. The van der Waals surface area contributed by atoms with E-state index in [1.54, 1.807) is 0 Å². The normalized spacial score (nSPS) is 11.5. The van der Waals surface area contributed by atoms with Crippen LogP contribution in [0, 0.1) is 0 Å². The van der Waals surface area contributed by atoms with Crippen LogP contribution in [0.25, 0.3) is 84.2 Å². The van der Waals surface area contributed by atoms with Gasteiger partial charge < -0.3 is 8.98 Å². The van der Waals surface area contributed by atoms with Gasteiger partial charge >= 0.3 is 0 Å². The fourth-order valence-corrected chi connectivity index (χ4v) is 6.92. The van der Waals surface area contributed by atoms with Gasteiger partial charge in [0.25, 0.3) is 0 Å². The Balaban J connectivity index is 1.28. The Bertz CT molecular complexity index is 2820. The number of rotatable bonds is 5. The first-order chi connectivity index (χ1) is 25.7. The van der Waals surface area contributed by atoms with Crippen molar-refractivity contribution < 1.29 is 4.42 Å². The maximum Gasteiger partial charge on any atom is 0.226 e. The highest BCUT2D eigenvalue weighted by atomic mass is 16.3. The molecule has 6 nitrogen and oxygen atoms in total. The fourth-order valence-electron chi connectivity index (χ4n) is 6.92. The van der Waals surface area contributed by atoms with E-state index in [0.29, 0.717) is 17.3 Å². The number of oxazole rings is 1. The first-order valence-corrected chi connectivity index (χ1v) is 16.6. The van der Waals surface area contributed by atoms with Gasteiger partial charge in [0.15, 0.2) is 17.5 Å². The van der Waals surface area contributed by atoms with Crippen LogP contribution in [0.3, 0.4) is 0 Å². The van der Waals surface area contributed by atoms with E-state index in [4.69, 9.17) is 79.3 Å². The van der Waals surface area contributed by atoms with Crippen LogP contribution >= 0.6 is 0 Å². The maximum atomic E-state index is 7.00. The summed E-state index contributed by atoms with van der Waals surface area (Å²) < 4.78 is 8.28. The highest BCUT2D eigenvalue weighted by molar-refractivity contribution is 6.63. The van der Waals surface area contributed by atoms with Crippen LogP contribution in [0.5, 0.6) is 0 Å². The molecule has 0 amide bonds. The molecule has 0 atom stereocenters. The minimum atomic E-state index is 0.0178. The molecule has 0 saturated carbocycles. The van der Waals surface area contributed by atoms with Crippen molar-refractivity contribution in [1.82, 2.24) is 24.5 Å². The standard InChI is InChI=1S/C40H18B7N5O/c41-27-25(39-50-37(19-11-3-1-4-12-19)49-38(51-39)20-13-5-2-6-14-20)29(43)34-36(33(27)47)53-40(48-34)26-28(42)31(45)32(46)35(30(26)44)52-23-17-9-7-15-21(23)22-16-8-10-18-24(22)52/h1-18H. The Morgan fingerprint density at radius 1 is 0.415 bits per heavy atom. The molecule has 0 aliphatic heterocycles. The summed E-state index contributed by atoms with van der Waals surface area (Å²) in [5, 5.41) is 2.02. The van der Waals surface area contributed by atoms with Gasteiger partial charge in [0.1, 0.15) is 66.0 Å². The first kappa shape index (κ1) is 32.9. The van der Waals surface area contributed by atoms with Gasteiger partial charge in [0, 0.05) is 38.7 Å². The van der Waals surface area contributed by atoms with Crippen molar-refractivity contribution in [2.24, 2.45) is 0 Å². The molecule has 13 heteroatoms. The SMILES string of the molecule is [B]c1c([B])c(-c2nc3c([B])c(-c4nc(-c5ccccc5)nc(-c5ccccc5)n4)c([B])c([B])c3o2)c([B])c(-n2c3ccccc3c3ccccc32)c1[B]. The molecule has 230 valence electrons. The summed E-state index contributed by atoms with van der Waals surface area (Å²) in [4.78, 5) is 19.2. The van der Waals surface area contributed by atoms with E-state index >= 15 is 0 Å². The Morgan fingerprint density at radius 2 is 0.906 bits per heavy atom. The van der Waals surface area contributed by atoms with Gasteiger partial charge in [-0.2, -0.15) is 0 Å². The molecule has 0 aliphatic carbocycles. The van der Waals surface area contributed by atoms with Gasteiger partial charge in [0.2, 0.25) is 5.89 Å². The van der Waals surface area contributed by atoms with Gasteiger partial charge in [-0.3, -0.25) is 0 Å². The van der Waals surface area contributed by atoms with E-state index in [1.165, 1.54) is 0 Å². The lowest BCUT2D eigenvalue weighted by molar-refractivity contribution is 0.623. The van der Waals surface area contributed by atoms with E-state index in [9.17, 15) is 0 Å². The molecule has 6 aromatic carbocycles. The van der Waals surface area contributed by atoms with E-state index in [1.807, 2.05) is 114 Å². The number of para-hydroxylation sites is 2. The van der Waals surface area contributed by atoms with Crippen molar-refractivity contribution >= 4 is 126 Å². The molecule has 53 heavy (non-hydrogen) atoms. The van der Waals surface area contributed by atoms with Gasteiger partial charge in [-0.25, -0.2) is 19.9 Å². The molecule has 9 aromatic rings. The van der Waals surface area contributed by atoms with Crippen molar-refractivity contribution in [3.8, 4) is 51.3 Å². The molecule has 3 heterocycles. The van der Waals surface area contributed by atoms with Crippen molar-refractivity contribution in [1.29, 1.82) is 0 Å². The second-order valence-electron chi connectivity index (χ2n) is 12.6. The Kier molecular flexibility index (Phi) is 7.84. The number of nitrogens with zero attached hydrogens (tertiary/aromatic N) is 5. The Morgan fingerprint density at radius 3 is 1.47 bits per heavy atom. The summed E-state index contributed by atoms with van der Waals surface area (Å²) >= 11 is 0. The molecule has 0 fully saturated rings. The lowest BCUT2D eigenvalue weighted by atomic mass is 9.65. The zero-order chi connectivity index (χ0) is 36.5. The maximum absolute atomic E-state index is 7.00. The summed E-state index contributed by atoms with van der Waals surface area (Å²) in [6.07, 6.45) is 0. The zero-order valence-electron chi connectivity index (χ0n) is 28.1. The smallest absolute Gasteiger partial charge is 0.226 e. The molecular weight excluding hydrogens is 642 g/mol. The van der Waals surface area contributed by atoms with Gasteiger partial charge in [-0.05, 0) is 12.1 Å². The predicted molar refractivity (Wildman–Crippen MR) is 221 cm³/mol. The molecule has 0 spiro atoms. The number of hydrogen-bond donors (Lipinski definition) is 0. The predicted octanol–water partition coefficient (Wildman–Crippen LogP) is 1.33. The first-order valence-electron chi connectivity index (χ1n) is 16.6. The lowest BCUT2D eigenvalue weighted by Crippen LogP contribution is -2.47. The van der Waals surface area contributed by atoms with Crippen LogP contribution in [0.15, 0.2) is 114 Å². The molecule has 0 bridgehead atoms. The Labute approximate surface area is 314 Å². The van der Waals surface area contributed by atoms with Crippen molar-refractivity contribution in [2.75, 3.05) is 0 Å². The summed E-state index contributed by atoms with van der Waals surface area (Å²) in [5.74, 6) is 1.06. The number of benzene rings is 6. The monoisotopic (exact) mass is 661 g/mol. The third-order valence-corrected chi connectivity index (χ3v) is 9.53. The molecule has 14 radical (unpaired) electrons. The van der Waals surface area contributed by atoms with Crippen LogP contribution in [0.4, 0.5) is 0 Å². The third-order valence-electron chi connectivity index (χ3n) is 9.53. The second kappa shape index (κ2) is 12.6. The summed E-state index contributed by atoms with van der Waals surface area (Å²) in [5.41, 5.74) is 5.45. The average molecular weight is 660 g/mol. The highest BCUT2D eigenvalue weighted by Gasteiger charge is 2.25. The molecule has 3 aromatic heterocycles. The van der Waals surface area contributed by atoms with E-state index in [2.05, 4.69) is 0 Å². The average Bonchev–Trinajstić information content (AvgIpc) is 3.78. The van der Waals surface area contributed by atoms with Gasteiger partial charge in [-0.1, -0.05) is 130 Å². The lowest BCUT2D eigenvalue weighted by Gasteiger charge is -2.23. The summed E-state index contributed by atoms with van der Waals surface area (Å²) in [6.45, 7) is 0. The van der Waals surface area contributed by atoms with E-state index in [0.717, 1.165) is 32.9 Å². The highest BCUT2D eigenvalue weighted by Crippen LogP contribution is 2.32. The largest absolute Gasteiger partial charge is 0.437 e. The zero-order valence-corrected chi connectivity index (χ0v) is 28.1. The Hall–Kier alpha value is -5.95. The van der Waals surface area contributed by atoms with Gasteiger partial charge in [-0.15, -0.1) is 5.46 Å².